The third-order valence-corrected chi connectivity index (χ3v) is 2.92. The molecule has 1 fully saturated rings. The molecule has 0 spiro atoms. The van der Waals surface area contributed by atoms with Gasteiger partial charge in [0, 0.05) is 26.5 Å². The fourth-order valence-electron chi connectivity index (χ4n) is 2.18. The molecule has 2 rings (SSSR count). The van der Waals surface area contributed by atoms with Gasteiger partial charge in [0.25, 0.3) is 0 Å². The Morgan fingerprint density at radius 1 is 1.62 bits per heavy atom. The first-order valence-electron chi connectivity index (χ1n) is 5.49. The van der Waals surface area contributed by atoms with Crippen LogP contribution >= 0.6 is 0 Å². The lowest BCUT2D eigenvalue weighted by atomic mass is 9.91. The molecule has 1 aromatic heterocycles. The molecule has 1 aromatic rings. The maximum atomic E-state index is 10.7. The molecule has 1 N–H and O–H groups in total. The summed E-state index contributed by atoms with van der Waals surface area (Å²) in [5, 5.41) is 13.0. The van der Waals surface area contributed by atoms with E-state index in [1.165, 1.54) is 0 Å². The number of carboxylic acids is 1. The summed E-state index contributed by atoms with van der Waals surface area (Å²) in [7, 11) is 1.83. The molecule has 16 heavy (non-hydrogen) atoms. The summed E-state index contributed by atoms with van der Waals surface area (Å²) < 4.78 is 7.00. The van der Waals surface area contributed by atoms with Gasteiger partial charge < -0.3 is 9.84 Å². The Kier molecular flexibility index (Phi) is 3.24. The monoisotopic (exact) mass is 224 g/mol. The number of rotatable bonds is 3. The average molecular weight is 224 g/mol. The summed E-state index contributed by atoms with van der Waals surface area (Å²) in [6, 6.07) is 0. The van der Waals surface area contributed by atoms with Crippen molar-refractivity contribution >= 4 is 5.97 Å². The van der Waals surface area contributed by atoms with E-state index in [0.717, 1.165) is 31.6 Å². The van der Waals surface area contributed by atoms with Crippen LogP contribution in [0.15, 0.2) is 6.20 Å². The Morgan fingerprint density at radius 2 is 2.31 bits per heavy atom. The van der Waals surface area contributed by atoms with Crippen molar-refractivity contribution in [3.63, 3.8) is 0 Å². The number of aryl methyl sites for hydroxylation is 1. The van der Waals surface area contributed by atoms with Crippen LogP contribution in [0, 0.1) is 0 Å². The van der Waals surface area contributed by atoms with E-state index in [4.69, 9.17) is 9.84 Å². The molecule has 0 radical (unpaired) electrons. The van der Waals surface area contributed by atoms with Crippen LogP contribution in [0.25, 0.3) is 0 Å². The minimum Gasteiger partial charge on any atom is -0.481 e. The molecule has 0 saturated carbocycles. The normalized spacial score (nSPS) is 17.6. The highest BCUT2D eigenvalue weighted by atomic mass is 16.5. The lowest BCUT2D eigenvalue weighted by Gasteiger charge is -2.21. The third kappa shape index (κ3) is 2.41. The van der Waals surface area contributed by atoms with E-state index in [2.05, 4.69) is 5.10 Å². The zero-order valence-corrected chi connectivity index (χ0v) is 9.35. The third-order valence-electron chi connectivity index (χ3n) is 2.92. The maximum absolute atomic E-state index is 10.7. The minimum atomic E-state index is -0.827. The Labute approximate surface area is 94.0 Å². The quantitative estimate of drug-likeness (QED) is 0.830. The van der Waals surface area contributed by atoms with Gasteiger partial charge in [0.2, 0.25) is 0 Å². The molecule has 0 atom stereocenters. The topological polar surface area (TPSA) is 64.3 Å². The van der Waals surface area contributed by atoms with Crippen molar-refractivity contribution in [1.29, 1.82) is 0 Å². The summed E-state index contributed by atoms with van der Waals surface area (Å²) in [6.07, 6.45) is 3.86. The number of hydrogen-bond donors (Lipinski definition) is 1. The largest absolute Gasteiger partial charge is 0.481 e. The molecule has 1 aliphatic rings. The molecule has 88 valence electrons. The Hall–Kier alpha value is -1.36. The van der Waals surface area contributed by atoms with Crippen LogP contribution in [-0.4, -0.2) is 34.1 Å². The zero-order valence-electron chi connectivity index (χ0n) is 9.35. The van der Waals surface area contributed by atoms with Crippen LogP contribution in [0.2, 0.25) is 0 Å². The first-order valence-corrected chi connectivity index (χ1v) is 5.49. The van der Waals surface area contributed by atoms with Crippen LogP contribution in [-0.2, 0) is 23.0 Å². The second-order valence-corrected chi connectivity index (χ2v) is 4.16. The zero-order chi connectivity index (χ0) is 11.5. The highest BCUT2D eigenvalue weighted by Crippen LogP contribution is 2.29. The first-order chi connectivity index (χ1) is 7.66. The van der Waals surface area contributed by atoms with Crippen LogP contribution in [0.1, 0.15) is 30.0 Å². The summed E-state index contributed by atoms with van der Waals surface area (Å²) in [4.78, 5) is 10.7. The van der Waals surface area contributed by atoms with Crippen molar-refractivity contribution in [1.82, 2.24) is 9.78 Å². The number of aromatic nitrogens is 2. The van der Waals surface area contributed by atoms with Gasteiger partial charge in [-0.1, -0.05) is 0 Å². The van der Waals surface area contributed by atoms with E-state index in [-0.39, 0.29) is 6.42 Å². The number of nitrogens with zero attached hydrogens (tertiary/aromatic N) is 2. The lowest BCUT2D eigenvalue weighted by Crippen LogP contribution is -2.15. The van der Waals surface area contributed by atoms with Crippen molar-refractivity contribution in [2.75, 3.05) is 13.2 Å². The molecule has 2 heterocycles. The molecule has 0 bridgehead atoms. The molecule has 0 aliphatic carbocycles. The van der Waals surface area contributed by atoms with Crippen molar-refractivity contribution in [3.8, 4) is 0 Å². The van der Waals surface area contributed by atoms with E-state index in [1.807, 2.05) is 13.2 Å². The Bertz CT molecular complexity index is 381. The van der Waals surface area contributed by atoms with E-state index < -0.39 is 5.97 Å². The van der Waals surface area contributed by atoms with Gasteiger partial charge in [0.15, 0.2) is 0 Å². The maximum Gasteiger partial charge on any atom is 0.309 e. The van der Waals surface area contributed by atoms with Crippen molar-refractivity contribution in [2.24, 2.45) is 7.05 Å². The molecular formula is C11H16N2O3. The van der Waals surface area contributed by atoms with Crippen LogP contribution in [0.4, 0.5) is 0 Å². The van der Waals surface area contributed by atoms with Gasteiger partial charge in [-0.15, -0.1) is 0 Å². The van der Waals surface area contributed by atoms with E-state index >= 15 is 0 Å². The van der Waals surface area contributed by atoms with Crippen LogP contribution in [0.3, 0.4) is 0 Å². The highest BCUT2D eigenvalue weighted by Gasteiger charge is 2.22. The molecular weight excluding hydrogens is 208 g/mol. The molecule has 5 heteroatoms. The molecule has 0 unspecified atom stereocenters. The summed E-state index contributed by atoms with van der Waals surface area (Å²) >= 11 is 0. The van der Waals surface area contributed by atoms with E-state index in [1.54, 1.807) is 4.68 Å². The SMILES string of the molecule is Cn1cc(C2CCOCC2)c(CC(=O)O)n1. The smallest absolute Gasteiger partial charge is 0.309 e. The van der Waals surface area contributed by atoms with Gasteiger partial charge in [-0.2, -0.15) is 5.10 Å². The predicted octanol–water partition coefficient (Wildman–Crippen LogP) is 0.941. The molecule has 5 nitrogen and oxygen atoms in total. The average Bonchev–Trinajstić information content (AvgIpc) is 2.60. The van der Waals surface area contributed by atoms with Gasteiger partial charge in [-0.3, -0.25) is 9.48 Å². The van der Waals surface area contributed by atoms with E-state index in [9.17, 15) is 4.79 Å². The fraction of sp³-hybridized carbons (Fsp3) is 0.636. The number of hydrogen-bond acceptors (Lipinski definition) is 3. The number of carboxylic acid groups (broad SMARTS) is 1. The number of ether oxygens (including phenoxy) is 1. The summed E-state index contributed by atoms with van der Waals surface area (Å²) in [5.41, 5.74) is 1.77. The van der Waals surface area contributed by atoms with Crippen LogP contribution < -0.4 is 0 Å². The van der Waals surface area contributed by atoms with Crippen LogP contribution in [0.5, 0.6) is 0 Å². The number of carbonyl (C=O) groups is 1. The van der Waals surface area contributed by atoms with Gasteiger partial charge >= 0.3 is 5.97 Å². The van der Waals surface area contributed by atoms with Gasteiger partial charge in [-0.05, 0) is 24.3 Å². The molecule has 0 aromatic carbocycles. The molecule has 1 saturated heterocycles. The lowest BCUT2D eigenvalue weighted by molar-refractivity contribution is -0.136. The standard InChI is InChI=1S/C11H16N2O3/c1-13-7-9(8-2-4-16-5-3-8)10(12-13)6-11(14)15/h7-8H,2-6H2,1H3,(H,14,15). The summed E-state index contributed by atoms with van der Waals surface area (Å²) in [5.74, 6) is -0.427. The highest BCUT2D eigenvalue weighted by molar-refractivity contribution is 5.70. The van der Waals surface area contributed by atoms with Gasteiger partial charge in [0.1, 0.15) is 0 Å². The first kappa shape index (κ1) is 11.1. The minimum absolute atomic E-state index is 0.00747. The van der Waals surface area contributed by atoms with Gasteiger partial charge in [-0.25, -0.2) is 0 Å². The van der Waals surface area contributed by atoms with Crippen molar-refractivity contribution < 1.29 is 14.6 Å². The fourth-order valence-corrected chi connectivity index (χ4v) is 2.18. The Morgan fingerprint density at radius 3 is 2.94 bits per heavy atom. The second kappa shape index (κ2) is 4.65. The molecule has 1 aliphatic heterocycles. The van der Waals surface area contributed by atoms with E-state index in [0.29, 0.717) is 11.6 Å². The predicted molar refractivity (Wildman–Crippen MR) is 57.3 cm³/mol. The molecule has 0 amide bonds. The Balaban J connectivity index is 2.20. The summed E-state index contributed by atoms with van der Waals surface area (Å²) in [6.45, 7) is 1.51. The van der Waals surface area contributed by atoms with Crippen molar-refractivity contribution in [2.45, 2.75) is 25.2 Å². The van der Waals surface area contributed by atoms with Crippen molar-refractivity contribution in [3.05, 3.63) is 17.5 Å². The van der Waals surface area contributed by atoms with Gasteiger partial charge in [0.05, 0.1) is 12.1 Å². The number of aliphatic carboxylic acids is 1. The second-order valence-electron chi connectivity index (χ2n) is 4.16.